The van der Waals surface area contributed by atoms with E-state index in [4.69, 9.17) is 16.3 Å². The summed E-state index contributed by atoms with van der Waals surface area (Å²) in [6.45, 7) is 0.925. The Labute approximate surface area is 133 Å². The Morgan fingerprint density at radius 1 is 1.25 bits per heavy atom. The Bertz CT molecular complexity index is 532. The number of thiophene rings is 1. The maximum absolute atomic E-state index is 11.6. The van der Waals surface area contributed by atoms with E-state index in [-0.39, 0.29) is 24.9 Å². The predicted octanol–water partition coefficient (Wildman–Crippen LogP) is 3.56. The lowest BCUT2D eigenvalue weighted by molar-refractivity contribution is -0.133. The van der Waals surface area contributed by atoms with Gasteiger partial charge < -0.3 is 10.1 Å². The van der Waals surface area contributed by atoms with Crippen LogP contribution in [0.25, 0.3) is 0 Å². The number of hydrogen-bond donors (Lipinski definition) is 1. The Kier molecular flexibility index (Phi) is 7.62. The molecule has 2 rings (SSSR count). The zero-order chi connectivity index (χ0) is 13.5. The smallest absolute Gasteiger partial charge is 0.325 e. The maximum Gasteiger partial charge on any atom is 0.325 e. The molecule has 0 saturated carbocycles. The molecule has 0 amide bonds. The maximum atomic E-state index is 11.6. The number of hydrogen-bond acceptors (Lipinski definition) is 4. The van der Waals surface area contributed by atoms with Crippen LogP contribution in [0.3, 0.4) is 0 Å². The van der Waals surface area contributed by atoms with Crippen molar-refractivity contribution in [3.8, 4) is 5.75 Å². The van der Waals surface area contributed by atoms with Crippen LogP contribution < -0.4 is 10.1 Å². The van der Waals surface area contributed by atoms with Crippen molar-refractivity contribution in [2.24, 2.45) is 0 Å². The van der Waals surface area contributed by atoms with Crippen LogP contribution in [0.5, 0.6) is 5.75 Å². The molecule has 0 radical (unpaired) electrons. The van der Waals surface area contributed by atoms with Gasteiger partial charge in [-0.3, -0.25) is 4.79 Å². The molecule has 108 valence electrons. The topological polar surface area (TPSA) is 38.3 Å². The highest BCUT2D eigenvalue weighted by Crippen LogP contribution is 2.22. The fourth-order valence-electron chi connectivity index (χ4n) is 1.54. The molecule has 0 aliphatic carbocycles. The Balaban J connectivity index is 0.00000200. The first-order chi connectivity index (χ1) is 9.25. The number of ether oxygens (including phenoxy) is 1. The summed E-state index contributed by atoms with van der Waals surface area (Å²) >= 11 is 7.61. The van der Waals surface area contributed by atoms with Gasteiger partial charge in [0.15, 0.2) is 0 Å². The molecular weight excluding hydrogens is 317 g/mol. The molecule has 0 unspecified atom stereocenters. The van der Waals surface area contributed by atoms with Crippen LogP contribution >= 0.6 is 35.3 Å². The number of carbonyl (C=O) groups excluding carboxylic acids is 1. The van der Waals surface area contributed by atoms with Gasteiger partial charge >= 0.3 is 5.97 Å². The van der Waals surface area contributed by atoms with E-state index in [1.165, 1.54) is 4.88 Å². The van der Waals surface area contributed by atoms with Crippen LogP contribution in [0, 0.1) is 0 Å². The molecule has 20 heavy (non-hydrogen) atoms. The van der Waals surface area contributed by atoms with Crippen LogP contribution in [0.15, 0.2) is 41.8 Å². The summed E-state index contributed by atoms with van der Waals surface area (Å²) in [5.41, 5.74) is 0. The van der Waals surface area contributed by atoms with Crippen molar-refractivity contribution < 1.29 is 9.53 Å². The van der Waals surface area contributed by atoms with Gasteiger partial charge in [-0.15, -0.1) is 23.7 Å². The molecular formula is C14H15Cl2NO2S. The molecule has 1 aromatic heterocycles. The Hall–Kier alpha value is -1.07. The molecule has 0 bridgehead atoms. The second-order valence-electron chi connectivity index (χ2n) is 3.91. The van der Waals surface area contributed by atoms with Gasteiger partial charge in [-0.25, -0.2) is 0 Å². The summed E-state index contributed by atoms with van der Waals surface area (Å²) < 4.78 is 5.15. The SMILES string of the molecule is Cl.O=C(CNCCc1cccs1)Oc1ccccc1Cl. The summed E-state index contributed by atoms with van der Waals surface area (Å²) in [5, 5.41) is 5.53. The van der Waals surface area contributed by atoms with Gasteiger partial charge in [-0.05, 0) is 30.0 Å². The van der Waals surface area contributed by atoms with E-state index < -0.39 is 0 Å². The molecule has 6 heteroatoms. The van der Waals surface area contributed by atoms with E-state index >= 15 is 0 Å². The first-order valence-corrected chi connectivity index (χ1v) is 7.20. The summed E-state index contributed by atoms with van der Waals surface area (Å²) in [6.07, 6.45) is 0.914. The largest absolute Gasteiger partial charge is 0.424 e. The van der Waals surface area contributed by atoms with E-state index in [2.05, 4.69) is 11.4 Å². The summed E-state index contributed by atoms with van der Waals surface area (Å²) in [4.78, 5) is 12.9. The number of benzene rings is 1. The summed E-state index contributed by atoms with van der Waals surface area (Å²) in [5.74, 6) is 0.0634. The standard InChI is InChI=1S/C14H14ClNO2S.ClH/c15-12-5-1-2-6-13(12)18-14(17)10-16-8-7-11-4-3-9-19-11;/h1-6,9,16H,7-8,10H2;1H. The zero-order valence-corrected chi connectivity index (χ0v) is 13.1. The summed E-state index contributed by atoms with van der Waals surface area (Å²) in [7, 11) is 0. The lowest BCUT2D eigenvalue weighted by atomic mass is 10.3. The van der Waals surface area contributed by atoms with Crippen LogP contribution in [0.2, 0.25) is 5.02 Å². The van der Waals surface area contributed by atoms with Gasteiger partial charge in [0, 0.05) is 11.4 Å². The third-order valence-corrected chi connectivity index (χ3v) is 3.71. The second-order valence-corrected chi connectivity index (χ2v) is 5.35. The molecule has 2 aromatic rings. The van der Waals surface area contributed by atoms with Crippen molar-refractivity contribution in [2.45, 2.75) is 6.42 Å². The molecule has 0 atom stereocenters. The number of carbonyl (C=O) groups is 1. The van der Waals surface area contributed by atoms with Gasteiger partial charge in [0.2, 0.25) is 0 Å². The predicted molar refractivity (Wildman–Crippen MR) is 85.2 cm³/mol. The minimum atomic E-state index is -0.334. The highest BCUT2D eigenvalue weighted by atomic mass is 35.5. The van der Waals surface area contributed by atoms with Gasteiger partial charge in [0.25, 0.3) is 0 Å². The molecule has 0 saturated heterocycles. The number of para-hydroxylation sites is 1. The van der Waals surface area contributed by atoms with Crippen molar-refractivity contribution in [3.05, 3.63) is 51.7 Å². The van der Waals surface area contributed by atoms with Crippen molar-refractivity contribution in [3.63, 3.8) is 0 Å². The number of nitrogens with one attached hydrogen (secondary N) is 1. The Morgan fingerprint density at radius 3 is 2.75 bits per heavy atom. The highest BCUT2D eigenvalue weighted by molar-refractivity contribution is 7.09. The van der Waals surface area contributed by atoms with Crippen molar-refractivity contribution in [1.82, 2.24) is 5.32 Å². The van der Waals surface area contributed by atoms with Crippen LogP contribution in [0.1, 0.15) is 4.88 Å². The van der Waals surface area contributed by atoms with Crippen molar-refractivity contribution in [2.75, 3.05) is 13.1 Å². The van der Waals surface area contributed by atoms with Crippen LogP contribution in [-0.2, 0) is 11.2 Å². The quantitative estimate of drug-likeness (QED) is 0.499. The van der Waals surface area contributed by atoms with Crippen molar-refractivity contribution in [1.29, 1.82) is 0 Å². The van der Waals surface area contributed by atoms with Crippen molar-refractivity contribution >= 4 is 41.3 Å². The average molecular weight is 332 g/mol. The highest BCUT2D eigenvalue weighted by Gasteiger charge is 2.07. The van der Waals surface area contributed by atoms with Crippen LogP contribution in [-0.4, -0.2) is 19.1 Å². The van der Waals surface area contributed by atoms with E-state index in [0.717, 1.165) is 13.0 Å². The Morgan fingerprint density at radius 2 is 2.05 bits per heavy atom. The summed E-state index contributed by atoms with van der Waals surface area (Å²) in [6, 6.07) is 11.0. The first-order valence-electron chi connectivity index (χ1n) is 5.94. The van der Waals surface area contributed by atoms with E-state index in [9.17, 15) is 4.79 Å². The average Bonchev–Trinajstić information content (AvgIpc) is 2.91. The molecule has 1 heterocycles. The minimum Gasteiger partial charge on any atom is -0.424 e. The number of esters is 1. The lowest BCUT2D eigenvalue weighted by Gasteiger charge is -2.06. The minimum absolute atomic E-state index is 0. The molecule has 1 N–H and O–H groups in total. The van der Waals surface area contributed by atoms with E-state index in [1.54, 1.807) is 35.6 Å². The van der Waals surface area contributed by atoms with E-state index in [0.29, 0.717) is 10.8 Å². The number of rotatable bonds is 6. The normalized spacial score (nSPS) is 9.85. The number of halogens is 2. The van der Waals surface area contributed by atoms with E-state index in [1.807, 2.05) is 11.4 Å². The fraction of sp³-hybridized carbons (Fsp3) is 0.214. The lowest BCUT2D eigenvalue weighted by Crippen LogP contribution is -2.28. The molecule has 0 spiro atoms. The van der Waals surface area contributed by atoms with Gasteiger partial charge in [-0.1, -0.05) is 29.8 Å². The van der Waals surface area contributed by atoms with Gasteiger partial charge in [0.05, 0.1) is 11.6 Å². The zero-order valence-electron chi connectivity index (χ0n) is 10.7. The third kappa shape index (κ3) is 5.51. The monoisotopic (exact) mass is 331 g/mol. The fourth-order valence-corrected chi connectivity index (χ4v) is 2.43. The molecule has 3 nitrogen and oxygen atoms in total. The second kappa shape index (κ2) is 8.97. The van der Waals surface area contributed by atoms with Gasteiger partial charge in [0.1, 0.15) is 5.75 Å². The first kappa shape index (κ1) is 17.0. The van der Waals surface area contributed by atoms with Gasteiger partial charge in [-0.2, -0.15) is 0 Å². The molecule has 0 fully saturated rings. The molecule has 1 aromatic carbocycles. The van der Waals surface area contributed by atoms with Crippen LogP contribution in [0.4, 0.5) is 0 Å². The molecule has 0 aliphatic rings. The third-order valence-electron chi connectivity index (χ3n) is 2.46. The molecule has 0 aliphatic heterocycles.